The molecule has 0 fully saturated rings. The first kappa shape index (κ1) is 18.6. The Bertz CT molecular complexity index is 707. The number of amides is 1. The molecule has 130 valence electrons. The maximum Gasteiger partial charge on any atom is 0.337 e. The van der Waals surface area contributed by atoms with Gasteiger partial charge in [-0.1, -0.05) is 11.6 Å². The Balaban J connectivity index is 2.44. The van der Waals surface area contributed by atoms with Crippen LogP contribution >= 0.6 is 27.5 Å². The van der Waals surface area contributed by atoms with E-state index in [2.05, 4.69) is 21.2 Å². The highest BCUT2D eigenvalue weighted by molar-refractivity contribution is 9.10. The van der Waals surface area contributed by atoms with Crippen LogP contribution in [0.4, 0.5) is 5.69 Å². The third kappa shape index (κ3) is 3.66. The number of nitrogens with one attached hydrogen (secondary N) is 1. The number of nitrogens with zero attached hydrogens (tertiary/aromatic N) is 1. The van der Waals surface area contributed by atoms with Gasteiger partial charge >= 0.3 is 5.97 Å². The molecule has 9 heteroatoms. The van der Waals surface area contributed by atoms with E-state index in [0.29, 0.717) is 20.9 Å². The lowest BCUT2D eigenvalue weighted by atomic mass is 10.2. The van der Waals surface area contributed by atoms with Gasteiger partial charge in [-0.2, -0.15) is 0 Å². The molecule has 2 N–H and O–H groups in total. The first-order chi connectivity index (χ1) is 11.4. The van der Waals surface area contributed by atoms with Gasteiger partial charge < -0.3 is 24.8 Å². The van der Waals surface area contributed by atoms with Crippen LogP contribution in [0.15, 0.2) is 27.9 Å². The molecule has 24 heavy (non-hydrogen) atoms. The highest BCUT2D eigenvalue weighted by Crippen LogP contribution is 2.38. The van der Waals surface area contributed by atoms with Crippen LogP contribution in [0.3, 0.4) is 0 Å². The van der Waals surface area contributed by atoms with Crippen molar-refractivity contribution in [3.8, 4) is 5.75 Å². The van der Waals surface area contributed by atoms with Gasteiger partial charge in [0.25, 0.3) is 5.91 Å². The number of benzene rings is 1. The number of halogens is 2. The average molecular weight is 420 g/mol. The number of ether oxygens (including phenoxy) is 2. The monoisotopic (exact) mass is 418 g/mol. The predicted octanol–water partition coefficient (Wildman–Crippen LogP) is 1.78. The minimum absolute atomic E-state index is 0.0540. The highest BCUT2D eigenvalue weighted by Gasteiger charge is 2.35. The van der Waals surface area contributed by atoms with Gasteiger partial charge in [0.1, 0.15) is 5.70 Å². The van der Waals surface area contributed by atoms with Crippen molar-refractivity contribution in [2.45, 2.75) is 0 Å². The third-order valence-corrected chi connectivity index (χ3v) is 4.23. The molecule has 7 nitrogen and oxygen atoms in total. The number of esters is 1. The van der Waals surface area contributed by atoms with E-state index in [1.807, 2.05) is 0 Å². The highest BCUT2D eigenvalue weighted by atomic mass is 79.9. The summed E-state index contributed by atoms with van der Waals surface area (Å²) in [4.78, 5) is 25.8. The van der Waals surface area contributed by atoms with E-state index in [9.17, 15) is 9.59 Å². The Kier molecular flexibility index (Phi) is 6.09. The van der Waals surface area contributed by atoms with E-state index in [4.69, 9.17) is 26.2 Å². The molecule has 2 rings (SSSR count). The van der Waals surface area contributed by atoms with Crippen molar-refractivity contribution in [1.29, 1.82) is 0 Å². The number of hydrogen-bond donors (Lipinski definition) is 2. The number of aliphatic hydroxyl groups excluding tert-OH is 1. The van der Waals surface area contributed by atoms with Gasteiger partial charge in [0.2, 0.25) is 0 Å². The number of hydrogen-bond acceptors (Lipinski definition) is 6. The Labute approximate surface area is 152 Å². The molecule has 0 radical (unpaired) electrons. The molecule has 0 spiro atoms. The zero-order valence-corrected chi connectivity index (χ0v) is 15.4. The topological polar surface area (TPSA) is 88.1 Å². The van der Waals surface area contributed by atoms with Crippen molar-refractivity contribution < 1.29 is 24.2 Å². The van der Waals surface area contributed by atoms with Crippen molar-refractivity contribution in [2.75, 3.05) is 39.2 Å². The molecule has 0 atom stereocenters. The van der Waals surface area contributed by atoms with Gasteiger partial charge in [-0.3, -0.25) is 4.79 Å². The number of carbonyl (C=O) groups is 2. The molecule has 1 aliphatic rings. The second kappa shape index (κ2) is 7.87. The maximum atomic E-state index is 12.5. The fourth-order valence-electron chi connectivity index (χ4n) is 2.34. The Morgan fingerprint density at radius 2 is 2.17 bits per heavy atom. The van der Waals surface area contributed by atoms with Crippen LogP contribution in [-0.4, -0.2) is 55.8 Å². The Hall–Kier alpha value is -1.77. The molecule has 1 amide bonds. The maximum absolute atomic E-state index is 12.5. The number of methoxy groups -OCH3 is 2. The molecular weight excluding hydrogens is 404 g/mol. The van der Waals surface area contributed by atoms with E-state index in [1.165, 1.54) is 19.1 Å². The first-order valence-corrected chi connectivity index (χ1v) is 8.11. The summed E-state index contributed by atoms with van der Waals surface area (Å²) >= 11 is 9.38. The second-order valence-corrected chi connectivity index (χ2v) is 6.18. The van der Waals surface area contributed by atoms with Crippen LogP contribution in [0.5, 0.6) is 5.75 Å². The number of carbonyl (C=O) groups excluding carboxylic acids is 2. The van der Waals surface area contributed by atoms with Crippen LogP contribution < -0.4 is 10.1 Å². The van der Waals surface area contributed by atoms with Crippen LogP contribution in [0.25, 0.3) is 0 Å². The minimum Gasteiger partial charge on any atom is -0.493 e. The lowest BCUT2D eigenvalue weighted by Gasteiger charge is -2.16. The summed E-state index contributed by atoms with van der Waals surface area (Å²) in [7, 11) is 2.71. The van der Waals surface area contributed by atoms with Crippen molar-refractivity contribution in [3.05, 3.63) is 32.9 Å². The number of rotatable bonds is 6. The van der Waals surface area contributed by atoms with Crippen molar-refractivity contribution in [3.63, 3.8) is 0 Å². The van der Waals surface area contributed by atoms with Crippen LogP contribution in [-0.2, 0) is 14.3 Å². The third-order valence-electron chi connectivity index (χ3n) is 3.43. The molecule has 0 saturated heterocycles. The smallest absolute Gasteiger partial charge is 0.337 e. The zero-order chi connectivity index (χ0) is 17.9. The van der Waals surface area contributed by atoms with Gasteiger partial charge in [-0.15, -0.1) is 0 Å². The normalized spacial score (nSPS) is 14.2. The lowest BCUT2D eigenvalue weighted by Crippen LogP contribution is -2.31. The van der Waals surface area contributed by atoms with E-state index in [1.54, 1.807) is 12.1 Å². The molecular formula is C15H16BrClN2O5. The zero-order valence-electron chi connectivity index (χ0n) is 13.1. The lowest BCUT2D eigenvalue weighted by molar-refractivity contribution is -0.136. The quantitative estimate of drug-likeness (QED) is 0.684. The fourth-order valence-corrected chi connectivity index (χ4v) is 3.32. The standard InChI is InChI=1S/C15H16BrClN2O5/c1-23-13-10(16)5-8(17)6-11(13)18-12-9(15(22)24-2)7-19(3-4-20)14(12)21/h5-6,18,20H,3-4,7H2,1-2H3. The summed E-state index contributed by atoms with van der Waals surface area (Å²) in [6.45, 7) is -0.0428. The van der Waals surface area contributed by atoms with E-state index < -0.39 is 11.9 Å². The van der Waals surface area contributed by atoms with Gasteiger partial charge in [0.15, 0.2) is 5.75 Å². The van der Waals surface area contributed by atoms with Gasteiger partial charge in [-0.05, 0) is 28.1 Å². The Morgan fingerprint density at radius 1 is 1.46 bits per heavy atom. The largest absolute Gasteiger partial charge is 0.493 e. The molecule has 1 aromatic carbocycles. The van der Waals surface area contributed by atoms with E-state index in [0.717, 1.165) is 0 Å². The number of anilines is 1. The Morgan fingerprint density at radius 3 is 2.75 bits per heavy atom. The molecule has 0 aromatic heterocycles. The summed E-state index contributed by atoms with van der Waals surface area (Å²) in [6, 6.07) is 3.23. The van der Waals surface area contributed by atoms with Crippen molar-refractivity contribution in [1.82, 2.24) is 4.90 Å². The molecule has 1 aromatic rings. The average Bonchev–Trinajstić information content (AvgIpc) is 2.84. The molecule has 0 unspecified atom stereocenters. The summed E-state index contributed by atoms with van der Waals surface area (Å²) in [6.07, 6.45) is 0. The molecule has 0 bridgehead atoms. The van der Waals surface area contributed by atoms with Gasteiger partial charge in [0, 0.05) is 11.6 Å². The molecule has 0 saturated carbocycles. The van der Waals surface area contributed by atoms with E-state index >= 15 is 0 Å². The SMILES string of the molecule is COC(=O)C1=C(Nc2cc(Cl)cc(Br)c2OC)C(=O)N(CCO)C1. The summed E-state index contributed by atoms with van der Waals surface area (Å²) in [5.74, 6) is -0.599. The fraction of sp³-hybridized carbons (Fsp3) is 0.333. The first-order valence-electron chi connectivity index (χ1n) is 6.94. The van der Waals surface area contributed by atoms with Crippen molar-refractivity contribution in [2.24, 2.45) is 0 Å². The summed E-state index contributed by atoms with van der Waals surface area (Å²) < 4.78 is 10.6. The van der Waals surface area contributed by atoms with Crippen LogP contribution in [0.2, 0.25) is 5.02 Å². The molecule has 1 aliphatic heterocycles. The van der Waals surface area contributed by atoms with Crippen molar-refractivity contribution >= 4 is 45.1 Å². The molecule has 0 aliphatic carbocycles. The van der Waals surface area contributed by atoms with Gasteiger partial charge in [-0.25, -0.2) is 4.79 Å². The van der Waals surface area contributed by atoms with Crippen LogP contribution in [0.1, 0.15) is 0 Å². The number of aliphatic hydroxyl groups is 1. The van der Waals surface area contributed by atoms with Crippen LogP contribution in [0, 0.1) is 0 Å². The predicted molar refractivity (Wildman–Crippen MR) is 92.0 cm³/mol. The minimum atomic E-state index is -0.619. The number of β-amino-alcohol motifs (C(OH)–C–C–N with tert-alkyl or cyclic N) is 1. The summed E-state index contributed by atoms with van der Waals surface area (Å²) in [5, 5.41) is 12.4. The van der Waals surface area contributed by atoms with Gasteiger partial charge in [0.05, 0.1) is 43.1 Å². The van der Waals surface area contributed by atoms with E-state index in [-0.39, 0.29) is 31.0 Å². The summed E-state index contributed by atoms with van der Waals surface area (Å²) in [5.41, 5.74) is 0.671. The second-order valence-electron chi connectivity index (χ2n) is 4.89. The molecule has 1 heterocycles.